The third-order valence-electron chi connectivity index (χ3n) is 9.45. The second-order valence-electron chi connectivity index (χ2n) is 13.8. The van der Waals surface area contributed by atoms with Crippen molar-refractivity contribution in [3.63, 3.8) is 0 Å². The molecule has 0 saturated carbocycles. The molecule has 2 heterocycles. The second-order valence-corrected chi connectivity index (χ2v) is 13.8. The number of fused-ring (bicyclic) bond motifs is 1. The Balaban J connectivity index is 1.09. The number of hydrogen-bond donors (Lipinski definition) is 3. The second kappa shape index (κ2) is 18.4. The number of ether oxygens (including phenoxy) is 2. The van der Waals surface area contributed by atoms with Crippen molar-refractivity contribution in [1.82, 2.24) is 14.8 Å². The van der Waals surface area contributed by atoms with E-state index in [-0.39, 0.29) is 43.3 Å². The molecule has 2 atom stereocenters. The van der Waals surface area contributed by atoms with E-state index in [1.807, 2.05) is 18.2 Å². The molecule has 1 aliphatic rings. The highest BCUT2D eigenvalue weighted by atomic mass is 19.1. The van der Waals surface area contributed by atoms with E-state index in [9.17, 15) is 29.1 Å². The number of halogens is 2. The fourth-order valence-corrected chi connectivity index (χ4v) is 6.23. The number of rotatable bonds is 13. The number of anilines is 2. The van der Waals surface area contributed by atoms with E-state index >= 15 is 8.78 Å². The standard InChI is InChI=1S/C41H45F2N5O8/c1-5-46-22-31(39(51)52)37(49)30-20-32(42)35(21-34(30)46)47-15-17-48(18-16-47)41(54)56-24-28-11-13-29(14-12-28)44-38(50)26(4)19-33(43)36(25(2)3)45-40(53)55-23-27-9-7-6-8-10-27/h6-14,19-22,25-26,36H,5,15-18,23-24H2,1-4H3,(H,44,50)(H,45,53)(H,51,52)/b33-19-/t26-,36+/m1/s1. The summed E-state index contributed by atoms with van der Waals surface area (Å²) >= 11 is 0. The van der Waals surface area contributed by atoms with Crippen LogP contribution in [0.2, 0.25) is 0 Å². The Morgan fingerprint density at radius 3 is 2.18 bits per heavy atom. The van der Waals surface area contributed by atoms with Crippen LogP contribution in [0.1, 0.15) is 49.2 Å². The van der Waals surface area contributed by atoms with Crippen LogP contribution in [-0.2, 0) is 34.0 Å². The van der Waals surface area contributed by atoms with Crippen LogP contribution in [0.15, 0.2) is 89.6 Å². The highest BCUT2D eigenvalue weighted by Gasteiger charge is 2.26. The van der Waals surface area contributed by atoms with Crippen molar-refractivity contribution in [3.8, 4) is 0 Å². The maximum absolute atomic E-state index is 15.3. The monoisotopic (exact) mass is 773 g/mol. The topological polar surface area (TPSA) is 160 Å². The van der Waals surface area contributed by atoms with E-state index < -0.39 is 58.7 Å². The zero-order chi connectivity index (χ0) is 40.5. The van der Waals surface area contributed by atoms with Crippen molar-refractivity contribution in [2.75, 3.05) is 36.4 Å². The minimum atomic E-state index is -1.38. The number of aromatic nitrogens is 1. The summed E-state index contributed by atoms with van der Waals surface area (Å²) in [6.45, 7) is 8.26. The zero-order valence-corrected chi connectivity index (χ0v) is 31.6. The molecule has 0 aliphatic carbocycles. The summed E-state index contributed by atoms with van der Waals surface area (Å²) < 4.78 is 42.9. The highest BCUT2D eigenvalue weighted by Crippen LogP contribution is 2.27. The zero-order valence-electron chi connectivity index (χ0n) is 31.6. The van der Waals surface area contributed by atoms with Crippen LogP contribution in [0.3, 0.4) is 0 Å². The molecule has 4 aromatic rings. The molecule has 0 unspecified atom stereocenters. The van der Waals surface area contributed by atoms with Crippen molar-refractivity contribution in [2.24, 2.45) is 11.8 Å². The summed E-state index contributed by atoms with van der Waals surface area (Å²) in [5, 5.41) is 14.7. The average Bonchev–Trinajstić information content (AvgIpc) is 3.19. The van der Waals surface area contributed by atoms with Crippen molar-refractivity contribution < 1.29 is 42.5 Å². The first-order valence-electron chi connectivity index (χ1n) is 18.3. The van der Waals surface area contributed by atoms with Crippen molar-refractivity contribution >= 4 is 46.3 Å². The van der Waals surface area contributed by atoms with Gasteiger partial charge in [0.05, 0.1) is 23.2 Å². The van der Waals surface area contributed by atoms with Crippen LogP contribution in [0.25, 0.3) is 10.9 Å². The van der Waals surface area contributed by atoms with Crippen molar-refractivity contribution in [1.29, 1.82) is 0 Å². The smallest absolute Gasteiger partial charge is 0.410 e. The van der Waals surface area contributed by atoms with Gasteiger partial charge in [0.15, 0.2) is 0 Å². The molecular formula is C41H45F2N5O8. The van der Waals surface area contributed by atoms with E-state index in [1.165, 1.54) is 24.1 Å². The first-order valence-corrected chi connectivity index (χ1v) is 18.3. The molecule has 1 aliphatic heterocycles. The summed E-state index contributed by atoms with van der Waals surface area (Å²) in [6.07, 6.45) is 1.09. The van der Waals surface area contributed by atoms with Gasteiger partial charge in [-0.2, -0.15) is 0 Å². The van der Waals surface area contributed by atoms with Gasteiger partial charge in [0.25, 0.3) is 0 Å². The van der Waals surface area contributed by atoms with Crippen LogP contribution >= 0.6 is 0 Å². The first-order chi connectivity index (χ1) is 26.7. The Bertz CT molecular complexity index is 2150. The number of carbonyl (C=O) groups is 4. The van der Waals surface area contributed by atoms with Gasteiger partial charge in [-0.15, -0.1) is 0 Å². The van der Waals surface area contributed by atoms with Crippen LogP contribution in [0, 0.1) is 17.7 Å². The SMILES string of the molecule is CCn1cc(C(=O)O)c(=O)c2cc(F)c(N3CCN(C(=O)OCc4ccc(NC(=O)[C@H](C)/C=C(\F)[C@@H](NC(=O)OCc5ccccc5)C(C)C)cc4)CC3)cc21. The summed E-state index contributed by atoms with van der Waals surface area (Å²) in [4.78, 5) is 65.7. The average molecular weight is 774 g/mol. The van der Waals surface area contributed by atoms with Gasteiger partial charge in [-0.1, -0.05) is 56.3 Å². The molecule has 3 aromatic carbocycles. The first kappa shape index (κ1) is 40.9. The summed E-state index contributed by atoms with van der Waals surface area (Å²) in [5.41, 5.74) is 1.36. The predicted molar refractivity (Wildman–Crippen MR) is 207 cm³/mol. The van der Waals surface area contributed by atoms with Crippen LogP contribution < -0.4 is 21.0 Å². The Labute approximate surface area is 322 Å². The fourth-order valence-electron chi connectivity index (χ4n) is 6.23. The van der Waals surface area contributed by atoms with Gasteiger partial charge in [-0.05, 0) is 61.2 Å². The number of carboxylic acids is 1. The van der Waals surface area contributed by atoms with E-state index in [2.05, 4.69) is 10.6 Å². The van der Waals surface area contributed by atoms with Gasteiger partial charge in [0, 0.05) is 50.0 Å². The largest absolute Gasteiger partial charge is 0.477 e. The molecule has 3 N–H and O–H groups in total. The van der Waals surface area contributed by atoms with Gasteiger partial charge in [0.1, 0.15) is 30.4 Å². The molecule has 1 aromatic heterocycles. The molecule has 5 rings (SSSR count). The number of nitrogens with zero attached hydrogens (tertiary/aromatic N) is 3. The third-order valence-corrected chi connectivity index (χ3v) is 9.45. The third kappa shape index (κ3) is 10.1. The predicted octanol–water partition coefficient (Wildman–Crippen LogP) is 6.70. The lowest BCUT2D eigenvalue weighted by molar-refractivity contribution is -0.118. The molecular weight excluding hydrogens is 728 g/mol. The Morgan fingerprint density at radius 2 is 1.55 bits per heavy atom. The van der Waals surface area contributed by atoms with Gasteiger partial charge in [-0.3, -0.25) is 9.59 Å². The Kier molecular flexibility index (Phi) is 13.4. The van der Waals surface area contributed by atoms with Crippen molar-refractivity contribution in [2.45, 2.75) is 53.5 Å². The highest BCUT2D eigenvalue weighted by molar-refractivity contribution is 5.94. The number of benzene rings is 3. The van der Waals surface area contributed by atoms with Gasteiger partial charge >= 0.3 is 18.2 Å². The maximum Gasteiger partial charge on any atom is 0.410 e. The number of aryl methyl sites for hydroxylation is 1. The van der Waals surface area contributed by atoms with Crippen molar-refractivity contribution in [3.05, 3.63) is 118 Å². The quantitative estimate of drug-likeness (QED) is 0.135. The van der Waals surface area contributed by atoms with Crippen LogP contribution in [0.4, 0.5) is 29.7 Å². The van der Waals surface area contributed by atoms with Gasteiger partial charge < -0.3 is 39.6 Å². The number of carbonyl (C=O) groups excluding carboxylic acids is 3. The lowest BCUT2D eigenvalue weighted by Gasteiger charge is -2.35. The van der Waals surface area contributed by atoms with E-state index in [1.54, 1.807) is 66.6 Å². The molecule has 15 heteroatoms. The number of nitrogens with one attached hydrogen (secondary N) is 2. The molecule has 0 radical (unpaired) electrons. The molecule has 1 fully saturated rings. The molecule has 3 amide bonds. The molecule has 13 nitrogen and oxygen atoms in total. The lowest BCUT2D eigenvalue weighted by atomic mass is 10.00. The number of alkyl carbamates (subject to hydrolysis) is 1. The number of carboxylic acid groups (broad SMARTS) is 1. The molecule has 296 valence electrons. The molecule has 56 heavy (non-hydrogen) atoms. The molecule has 0 bridgehead atoms. The number of aromatic carboxylic acids is 1. The van der Waals surface area contributed by atoms with E-state index in [0.29, 0.717) is 36.4 Å². The molecule has 1 saturated heterocycles. The Hall–Kier alpha value is -6.25. The number of pyridine rings is 1. The normalized spacial score (nSPS) is 14.3. The minimum absolute atomic E-state index is 0.0205. The Morgan fingerprint density at radius 1 is 0.911 bits per heavy atom. The fraction of sp³-hybridized carbons (Fsp3) is 0.341. The van der Waals surface area contributed by atoms with E-state index in [4.69, 9.17) is 9.47 Å². The molecule has 0 spiro atoms. The lowest BCUT2D eigenvalue weighted by Crippen LogP contribution is -2.49. The maximum atomic E-state index is 15.3. The van der Waals surface area contributed by atoms with Gasteiger partial charge in [-0.25, -0.2) is 23.2 Å². The summed E-state index contributed by atoms with van der Waals surface area (Å²) in [7, 11) is 0. The number of hydrogen-bond acceptors (Lipinski definition) is 8. The van der Waals surface area contributed by atoms with Crippen LogP contribution in [0.5, 0.6) is 0 Å². The number of piperazine rings is 1. The van der Waals surface area contributed by atoms with Crippen LogP contribution in [-0.4, -0.2) is 70.9 Å². The van der Waals surface area contributed by atoms with E-state index in [0.717, 1.165) is 17.7 Å². The summed E-state index contributed by atoms with van der Waals surface area (Å²) in [5.74, 6) is -4.38. The minimum Gasteiger partial charge on any atom is -0.477 e. The number of amides is 3. The van der Waals surface area contributed by atoms with Gasteiger partial charge in [0.2, 0.25) is 11.3 Å². The summed E-state index contributed by atoms with van der Waals surface area (Å²) in [6, 6.07) is 17.3.